The lowest BCUT2D eigenvalue weighted by atomic mass is 9.89. The number of halogens is 1. The minimum absolute atomic E-state index is 0.151. The van der Waals surface area contributed by atoms with Gasteiger partial charge in [0.05, 0.1) is 12.1 Å². The van der Waals surface area contributed by atoms with Crippen molar-refractivity contribution >= 4 is 17.3 Å². The molecule has 0 aliphatic carbocycles. The van der Waals surface area contributed by atoms with Crippen LogP contribution >= 0.6 is 11.6 Å². The van der Waals surface area contributed by atoms with E-state index in [0.29, 0.717) is 17.0 Å². The summed E-state index contributed by atoms with van der Waals surface area (Å²) in [6.07, 6.45) is 1.11. The Kier molecular flexibility index (Phi) is 5.05. The topological polar surface area (TPSA) is 24.5 Å². The maximum absolute atomic E-state index is 6.16. The molecule has 1 fully saturated rings. The Morgan fingerprint density at radius 1 is 1.48 bits per heavy atom. The number of ether oxygens (including phenoxy) is 1. The van der Waals surface area contributed by atoms with E-state index in [1.807, 2.05) is 6.07 Å². The van der Waals surface area contributed by atoms with Crippen molar-refractivity contribution in [2.45, 2.75) is 45.7 Å². The largest absolute Gasteiger partial charge is 0.495 e. The van der Waals surface area contributed by atoms with E-state index in [9.17, 15) is 0 Å². The van der Waals surface area contributed by atoms with Gasteiger partial charge < -0.3 is 15.0 Å². The van der Waals surface area contributed by atoms with Gasteiger partial charge in [-0.1, -0.05) is 32.4 Å². The summed E-state index contributed by atoms with van der Waals surface area (Å²) in [6.45, 7) is 11.1. The molecule has 0 spiro atoms. The smallest absolute Gasteiger partial charge is 0.139 e. The minimum Gasteiger partial charge on any atom is -0.495 e. The average molecular weight is 311 g/mol. The molecule has 3 nitrogen and oxygen atoms in total. The molecule has 0 amide bonds. The lowest BCUT2D eigenvalue weighted by molar-refractivity contribution is 0.253. The monoisotopic (exact) mass is 310 g/mol. The maximum atomic E-state index is 6.16. The normalized spacial score (nSPS) is 26.2. The molecule has 1 aromatic carbocycles. The Morgan fingerprint density at radius 3 is 2.76 bits per heavy atom. The third kappa shape index (κ3) is 3.46. The van der Waals surface area contributed by atoms with E-state index in [1.54, 1.807) is 7.11 Å². The van der Waals surface area contributed by atoms with Crippen LogP contribution in [0.15, 0.2) is 18.2 Å². The first-order chi connectivity index (χ1) is 9.90. The summed E-state index contributed by atoms with van der Waals surface area (Å²) in [5.41, 5.74) is 1.34. The minimum atomic E-state index is 0.151. The van der Waals surface area contributed by atoms with Crippen molar-refractivity contribution in [1.29, 1.82) is 0 Å². The first kappa shape index (κ1) is 16.4. The second-order valence-corrected chi connectivity index (χ2v) is 6.96. The molecule has 1 saturated heterocycles. The van der Waals surface area contributed by atoms with E-state index in [2.05, 4.69) is 50.0 Å². The van der Waals surface area contributed by atoms with Crippen LogP contribution in [0.5, 0.6) is 5.75 Å². The zero-order valence-electron chi connectivity index (χ0n) is 13.7. The van der Waals surface area contributed by atoms with Gasteiger partial charge in [0, 0.05) is 36.4 Å². The summed E-state index contributed by atoms with van der Waals surface area (Å²) in [7, 11) is 1.67. The van der Waals surface area contributed by atoms with Crippen molar-refractivity contribution in [2.75, 3.05) is 25.1 Å². The third-order valence-electron chi connectivity index (χ3n) is 4.67. The summed E-state index contributed by atoms with van der Waals surface area (Å²) in [4.78, 5) is 2.50. The molecular weight excluding hydrogens is 284 g/mol. The first-order valence-electron chi connectivity index (χ1n) is 7.75. The van der Waals surface area contributed by atoms with Crippen LogP contribution in [0.2, 0.25) is 5.02 Å². The van der Waals surface area contributed by atoms with Crippen molar-refractivity contribution in [3.8, 4) is 5.75 Å². The van der Waals surface area contributed by atoms with Crippen LogP contribution in [0.1, 0.15) is 34.1 Å². The number of hydrogen-bond donors (Lipinski definition) is 1. The van der Waals surface area contributed by atoms with Gasteiger partial charge in [0.1, 0.15) is 5.75 Å². The maximum Gasteiger partial charge on any atom is 0.139 e. The van der Waals surface area contributed by atoms with Gasteiger partial charge in [0.25, 0.3) is 0 Å². The SMILES string of the molecule is CCC1(C)CN(c2ccc(Cl)c(OC)c2)C(C(C)C)CN1. The first-order valence-corrected chi connectivity index (χ1v) is 8.13. The van der Waals surface area contributed by atoms with E-state index in [-0.39, 0.29) is 5.54 Å². The standard InChI is InChI=1S/C17H27ClN2O/c1-6-17(4)11-20(15(10-19-17)12(2)3)13-7-8-14(18)16(9-13)21-5/h7-9,12,15,19H,6,10-11H2,1-5H3. The van der Waals surface area contributed by atoms with E-state index in [1.165, 1.54) is 5.69 Å². The number of piperazine rings is 1. The van der Waals surface area contributed by atoms with E-state index >= 15 is 0 Å². The molecular formula is C17H27ClN2O. The molecule has 21 heavy (non-hydrogen) atoms. The highest BCUT2D eigenvalue weighted by atomic mass is 35.5. The van der Waals surface area contributed by atoms with Crippen molar-refractivity contribution in [2.24, 2.45) is 5.92 Å². The van der Waals surface area contributed by atoms with Crippen molar-refractivity contribution in [3.63, 3.8) is 0 Å². The van der Waals surface area contributed by atoms with Crippen molar-refractivity contribution < 1.29 is 4.74 Å². The van der Waals surface area contributed by atoms with Gasteiger partial charge in [-0.15, -0.1) is 0 Å². The fourth-order valence-corrected chi connectivity index (χ4v) is 3.15. The number of benzene rings is 1. The molecule has 1 heterocycles. The number of nitrogens with one attached hydrogen (secondary N) is 1. The van der Waals surface area contributed by atoms with Crippen LogP contribution in [0.4, 0.5) is 5.69 Å². The molecule has 0 bridgehead atoms. The highest BCUT2D eigenvalue weighted by molar-refractivity contribution is 6.32. The number of methoxy groups -OCH3 is 1. The second-order valence-electron chi connectivity index (χ2n) is 6.55. The number of hydrogen-bond acceptors (Lipinski definition) is 3. The van der Waals surface area contributed by atoms with Crippen LogP contribution in [0.3, 0.4) is 0 Å². The number of rotatable bonds is 4. The second kappa shape index (κ2) is 6.45. The zero-order valence-corrected chi connectivity index (χ0v) is 14.5. The summed E-state index contributed by atoms with van der Waals surface area (Å²) >= 11 is 6.16. The van der Waals surface area contributed by atoms with Crippen LogP contribution in [-0.2, 0) is 0 Å². The fraction of sp³-hybridized carbons (Fsp3) is 0.647. The molecule has 1 aliphatic heterocycles. The molecule has 118 valence electrons. The van der Waals surface area contributed by atoms with Gasteiger partial charge in [0.2, 0.25) is 0 Å². The van der Waals surface area contributed by atoms with Crippen molar-refractivity contribution in [1.82, 2.24) is 5.32 Å². The molecule has 1 N–H and O–H groups in total. The third-order valence-corrected chi connectivity index (χ3v) is 4.99. The zero-order chi connectivity index (χ0) is 15.6. The highest BCUT2D eigenvalue weighted by Gasteiger charge is 2.36. The molecule has 4 heteroatoms. The summed E-state index contributed by atoms with van der Waals surface area (Å²) in [6, 6.07) is 6.56. The predicted molar refractivity (Wildman–Crippen MR) is 90.7 cm³/mol. The Hall–Kier alpha value is -0.930. The summed E-state index contributed by atoms with van der Waals surface area (Å²) < 4.78 is 5.38. The lowest BCUT2D eigenvalue weighted by Gasteiger charge is -2.48. The molecule has 1 aromatic rings. The van der Waals surface area contributed by atoms with Crippen molar-refractivity contribution in [3.05, 3.63) is 23.2 Å². The van der Waals surface area contributed by atoms with Gasteiger partial charge in [0.15, 0.2) is 0 Å². The number of nitrogens with zero attached hydrogens (tertiary/aromatic N) is 1. The van der Waals surface area contributed by atoms with Gasteiger partial charge in [-0.2, -0.15) is 0 Å². The Bertz CT molecular complexity index is 492. The van der Waals surface area contributed by atoms with Crippen LogP contribution in [0, 0.1) is 5.92 Å². The Morgan fingerprint density at radius 2 is 2.19 bits per heavy atom. The van der Waals surface area contributed by atoms with Gasteiger partial charge in [-0.3, -0.25) is 0 Å². The lowest BCUT2D eigenvalue weighted by Crippen LogP contribution is -2.64. The summed E-state index contributed by atoms with van der Waals surface area (Å²) in [5, 5.41) is 4.38. The Balaban J connectivity index is 2.35. The van der Waals surface area contributed by atoms with Gasteiger partial charge in [-0.25, -0.2) is 0 Å². The van der Waals surface area contributed by atoms with Gasteiger partial charge >= 0.3 is 0 Å². The number of anilines is 1. The molecule has 0 radical (unpaired) electrons. The molecule has 2 atom stereocenters. The molecule has 0 aromatic heterocycles. The fourth-order valence-electron chi connectivity index (χ4n) is 2.95. The van der Waals surface area contributed by atoms with Gasteiger partial charge in [-0.05, 0) is 31.4 Å². The van der Waals surface area contributed by atoms with E-state index < -0.39 is 0 Å². The van der Waals surface area contributed by atoms with E-state index in [0.717, 1.165) is 25.3 Å². The Labute approximate surface area is 133 Å². The quantitative estimate of drug-likeness (QED) is 0.911. The molecule has 0 saturated carbocycles. The van der Waals surface area contributed by atoms with Crippen LogP contribution in [0.25, 0.3) is 0 Å². The molecule has 2 unspecified atom stereocenters. The highest BCUT2D eigenvalue weighted by Crippen LogP contribution is 2.33. The van der Waals surface area contributed by atoms with Crippen LogP contribution in [-0.4, -0.2) is 31.8 Å². The molecule has 1 aliphatic rings. The van der Waals surface area contributed by atoms with E-state index in [4.69, 9.17) is 16.3 Å². The predicted octanol–water partition coefficient (Wildman–Crippen LogP) is 3.95. The van der Waals surface area contributed by atoms with Crippen LogP contribution < -0.4 is 15.0 Å². The average Bonchev–Trinajstić information content (AvgIpc) is 2.47. The molecule has 2 rings (SSSR count). The summed E-state index contributed by atoms with van der Waals surface area (Å²) in [5.74, 6) is 1.33.